The monoisotopic (exact) mass is 347 g/mol. The van der Waals surface area contributed by atoms with Crippen LogP contribution in [0.3, 0.4) is 0 Å². The predicted molar refractivity (Wildman–Crippen MR) is 85.1 cm³/mol. The highest BCUT2D eigenvalue weighted by Gasteiger charge is 2.19. The fourth-order valence-electron chi connectivity index (χ4n) is 2.33. The Kier molecular flexibility index (Phi) is 5.82. The summed E-state index contributed by atoms with van der Waals surface area (Å²) < 4.78 is 1.01. The van der Waals surface area contributed by atoms with Crippen LogP contribution in [0.4, 0.5) is 0 Å². The van der Waals surface area contributed by atoms with Gasteiger partial charge in [-0.2, -0.15) is 5.26 Å². The van der Waals surface area contributed by atoms with Crippen LogP contribution in [0.2, 0.25) is 0 Å². The number of rotatable bonds is 4. The van der Waals surface area contributed by atoms with Crippen molar-refractivity contribution in [1.29, 1.82) is 5.26 Å². The number of carbonyl (C=O) groups excluding carboxylic acids is 1. The summed E-state index contributed by atoms with van der Waals surface area (Å²) in [6.45, 7) is 2.09. The van der Waals surface area contributed by atoms with E-state index in [1.807, 2.05) is 30.3 Å². The number of benzene rings is 1. The van der Waals surface area contributed by atoms with Crippen molar-refractivity contribution in [2.75, 3.05) is 13.1 Å². The first kappa shape index (κ1) is 15.6. The van der Waals surface area contributed by atoms with Gasteiger partial charge < -0.3 is 10.2 Å². The normalized spacial score (nSPS) is 15.4. The highest BCUT2D eigenvalue weighted by Crippen LogP contribution is 2.13. The third kappa shape index (κ3) is 4.61. The van der Waals surface area contributed by atoms with Gasteiger partial charge in [-0.25, -0.2) is 0 Å². The molecule has 1 aliphatic rings. The molecule has 1 amide bonds. The van der Waals surface area contributed by atoms with Gasteiger partial charge in [0.25, 0.3) is 5.91 Å². The van der Waals surface area contributed by atoms with Crippen molar-refractivity contribution in [2.45, 2.75) is 25.8 Å². The second-order valence-corrected chi connectivity index (χ2v) is 5.95. The fourth-order valence-corrected chi connectivity index (χ4v) is 2.77. The van der Waals surface area contributed by atoms with E-state index < -0.39 is 0 Å². The molecule has 0 saturated carbocycles. The predicted octanol–water partition coefficient (Wildman–Crippen LogP) is 2.96. The average molecular weight is 348 g/mol. The lowest BCUT2D eigenvalue weighted by Crippen LogP contribution is -2.36. The van der Waals surface area contributed by atoms with Crippen molar-refractivity contribution in [3.63, 3.8) is 0 Å². The molecule has 5 heteroatoms. The van der Waals surface area contributed by atoms with Crippen LogP contribution in [0, 0.1) is 11.3 Å². The Bertz CT molecular complexity index is 571. The minimum atomic E-state index is -0.168. The minimum Gasteiger partial charge on any atom is -0.386 e. The SMILES string of the molecule is N#C/C(=C/NCc1cccc(Br)c1)C(=O)N1CCCCC1. The number of carbonyl (C=O) groups is 1. The largest absolute Gasteiger partial charge is 0.386 e. The first-order valence-electron chi connectivity index (χ1n) is 7.08. The molecule has 0 spiro atoms. The van der Waals surface area contributed by atoms with Gasteiger partial charge >= 0.3 is 0 Å². The molecule has 4 nitrogen and oxygen atoms in total. The zero-order chi connectivity index (χ0) is 15.1. The molecule has 0 atom stereocenters. The second-order valence-electron chi connectivity index (χ2n) is 5.03. The molecule has 1 heterocycles. The molecular weight excluding hydrogens is 330 g/mol. The standard InChI is InChI=1S/C16H18BrN3O/c17-15-6-4-5-13(9-15)11-19-12-14(10-18)16(21)20-7-2-1-3-8-20/h4-6,9,12,19H,1-3,7-8,11H2/b14-12-. The number of nitrogens with zero attached hydrogens (tertiary/aromatic N) is 2. The molecule has 0 radical (unpaired) electrons. The van der Waals surface area contributed by atoms with Crippen molar-refractivity contribution in [3.05, 3.63) is 46.1 Å². The van der Waals surface area contributed by atoms with Crippen LogP contribution in [-0.2, 0) is 11.3 Å². The number of nitrogens with one attached hydrogen (secondary N) is 1. The van der Waals surface area contributed by atoms with Crippen molar-refractivity contribution in [3.8, 4) is 6.07 Å². The molecule has 1 aromatic rings. The van der Waals surface area contributed by atoms with E-state index in [1.165, 1.54) is 6.20 Å². The zero-order valence-corrected chi connectivity index (χ0v) is 13.4. The summed E-state index contributed by atoms with van der Waals surface area (Å²) in [6.07, 6.45) is 4.74. The van der Waals surface area contributed by atoms with Crippen LogP contribution in [0.25, 0.3) is 0 Å². The topological polar surface area (TPSA) is 56.1 Å². The third-order valence-electron chi connectivity index (χ3n) is 3.44. The number of nitriles is 1. The van der Waals surface area contributed by atoms with Crippen LogP contribution in [-0.4, -0.2) is 23.9 Å². The molecule has 0 bridgehead atoms. The maximum absolute atomic E-state index is 12.2. The number of halogens is 1. The van der Waals surface area contributed by atoms with Crippen molar-refractivity contribution in [1.82, 2.24) is 10.2 Å². The van der Waals surface area contributed by atoms with Crippen LogP contribution < -0.4 is 5.32 Å². The van der Waals surface area contributed by atoms with Crippen molar-refractivity contribution in [2.24, 2.45) is 0 Å². The van der Waals surface area contributed by atoms with Gasteiger partial charge in [0.15, 0.2) is 0 Å². The van der Waals surface area contributed by atoms with Gasteiger partial charge in [-0.05, 0) is 37.0 Å². The molecule has 21 heavy (non-hydrogen) atoms. The Morgan fingerprint density at radius 3 is 2.81 bits per heavy atom. The number of likely N-dealkylation sites (tertiary alicyclic amines) is 1. The Hall–Kier alpha value is -1.80. The van der Waals surface area contributed by atoms with Crippen molar-refractivity contribution < 1.29 is 4.79 Å². The highest BCUT2D eigenvalue weighted by atomic mass is 79.9. The Balaban J connectivity index is 1.94. The summed E-state index contributed by atoms with van der Waals surface area (Å²) in [5.41, 5.74) is 1.26. The van der Waals surface area contributed by atoms with E-state index in [0.717, 1.165) is 42.4 Å². The molecule has 1 aliphatic heterocycles. The highest BCUT2D eigenvalue weighted by molar-refractivity contribution is 9.10. The van der Waals surface area contributed by atoms with Gasteiger partial charge in [-0.15, -0.1) is 0 Å². The lowest BCUT2D eigenvalue weighted by Gasteiger charge is -2.26. The average Bonchev–Trinajstić information content (AvgIpc) is 2.52. The van der Waals surface area contributed by atoms with Crippen molar-refractivity contribution >= 4 is 21.8 Å². The molecular formula is C16H18BrN3O. The number of hydrogen-bond donors (Lipinski definition) is 1. The summed E-state index contributed by atoms with van der Waals surface area (Å²) in [7, 11) is 0. The first-order valence-corrected chi connectivity index (χ1v) is 7.87. The van der Waals surface area contributed by atoms with E-state index in [1.54, 1.807) is 4.90 Å². The van der Waals surface area contributed by atoms with E-state index in [4.69, 9.17) is 5.26 Å². The molecule has 0 unspecified atom stereocenters. The molecule has 1 saturated heterocycles. The van der Waals surface area contributed by atoms with Crippen LogP contribution >= 0.6 is 15.9 Å². The lowest BCUT2D eigenvalue weighted by atomic mass is 10.1. The second kappa shape index (κ2) is 7.84. The Morgan fingerprint density at radius 2 is 2.14 bits per heavy atom. The summed E-state index contributed by atoms with van der Waals surface area (Å²) in [5.74, 6) is -0.168. The van der Waals surface area contributed by atoms with Crippen LogP contribution in [0.15, 0.2) is 40.5 Å². The van der Waals surface area contributed by atoms with E-state index in [9.17, 15) is 4.79 Å². The van der Waals surface area contributed by atoms with E-state index in [2.05, 4.69) is 21.2 Å². The zero-order valence-electron chi connectivity index (χ0n) is 11.8. The Morgan fingerprint density at radius 1 is 1.38 bits per heavy atom. The Labute approximate surface area is 133 Å². The van der Waals surface area contributed by atoms with Gasteiger partial charge in [0.05, 0.1) is 0 Å². The van der Waals surface area contributed by atoms with Crippen LogP contribution in [0.1, 0.15) is 24.8 Å². The smallest absolute Gasteiger partial charge is 0.265 e. The molecule has 1 aromatic carbocycles. The molecule has 0 aliphatic carbocycles. The van der Waals surface area contributed by atoms with E-state index in [-0.39, 0.29) is 11.5 Å². The lowest BCUT2D eigenvalue weighted by molar-refractivity contribution is -0.127. The summed E-state index contributed by atoms with van der Waals surface area (Å²) >= 11 is 3.42. The maximum Gasteiger partial charge on any atom is 0.265 e. The molecule has 2 rings (SSSR count). The number of piperidine rings is 1. The summed E-state index contributed by atoms with van der Waals surface area (Å²) in [6, 6.07) is 9.90. The summed E-state index contributed by atoms with van der Waals surface area (Å²) in [5, 5.41) is 12.2. The molecule has 1 N–H and O–H groups in total. The van der Waals surface area contributed by atoms with Gasteiger partial charge in [0.2, 0.25) is 0 Å². The van der Waals surface area contributed by atoms with Gasteiger partial charge in [-0.1, -0.05) is 28.1 Å². The van der Waals surface area contributed by atoms with E-state index >= 15 is 0 Å². The van der Waals surface area contributed by atoms with E-state index in [0.29, 0.717) is 6.54 Å². The fraction of sp³-hybridized carbons (Fsp3) is 0.375. The minimum absolute atomic E-state index is 0.168. The first-order chi connectivity index (χ1) is 10.2. The van der Waals surface area contributed by atoms with Gasteiger partial charge in [0.1, 0.15) is 11.6 Å². The quantitative estimate of drug-likeness (QED) is 0.672. The maximum atomic E-state index is 12.2. The summed E-state index contributed by atoms with van der Waals surface area (Å²) in [4.78, 5) is 14.0. The van der Waals surface area contributed by atoms with Gasteiger partial charge in [-0.3, -0.25) is 4.79 Å². The number of amides is 1. The molecule has 1 fully saturated rings. The van der Waals surface area contributed by atoms with Gasteiger partial charge in [0, 0.05) is 30.3 Å². The number of hydrogen-bond acceptors (Lipinski definition) is 3. The van der Waals surface area contributed by atoms with Crippen LogP contribution in [0.5, 0.6) is 0 Å². The third-order valence-corrected chi connectivity index (χ3v) is 3.93. The molecule has 0 aromatic heterocycles. The molecule has 110 valence electrons.